The first-order valence-electron chi connectivity index (χ1n) is 47.7. The molecule has 3 saturated heterocycles. The minimum absolute atomic E-state index is 0.0307. The second-order valence-electron chi connectivity index (χ2n) is 36.4. The zero-order valence-electron chi connectivity index (χ0n) is 82.9. The summed E-state index contributed by atoms with van der Waals surface area (Å²) in [4.78, 5) is 62.8. The van der Waals surface area contributed by atoms with E-state index in [0.717, 1.165) is 68.8 Å². The molecule has 3 aliphatic heterocycles. The van der Waals surface area contributed by atoms with Crippen LogP contribution in [0, 0.1) is 20.8 Å². The van der Waals surface area contributed by atoms with Crippen molar-refractivity contribution in [1.82, 2.24) is 30.3 Å². The fourth-order valence-electron chi connectivity index (χ4n) is 18.1. The molecule has 0 aromatic heterocycles. The summed E-state index contributed by atoms with van der Waals surface area (Å²) in [6, 6.07) is 99.0. The molecule has 27 nitrogen and oxygen atoms in total. The van der Waals surface area contributed by atoms with E-state index in [0.29, 0.717) is 95.9 Å². The highest BCUT2D eigenvalue weighted by Gasteiger charge is 2.47. The Balaban J connectivity index is 0.000000184. The van der Waals surface area contributed by atoms with Gasteiger partial charge in [-0.25, -0.2) is 45.7 Å². The number of ether oxygens (including phenoxy) is 6. The van der Waals surface area contributed by atoms with E-state index in [2.05, 4.69) is 18.6 Å². The average Bonchev–Trinajstić information content (AvgIpc) is 0.760. The van der Waals surface area contributed by atoms with Crippen molar-refractivity contribution < 1.29 is 82.9 Å². The predicted octanol–water partition coefficient (Wildman–Crippen LogP) is 18.5. The summed E-state index contributed by atoms with van der Waals surface area (Å²) in [6.07, 6.45) is 5.35. The molecule has 0 aliphatic carbocycles. The average molecular weight is 2000 g/mol. The quantitative estimate of drug-likeness (QED) is 0.0157. The number of nitrogens with one attached hydrogen (secondary N) is 1. The van der Waals surface area contributed by atoms with Gasteiger partial charge in [-0.15, -0.1) is 13.2 Å². The minimum Gasteiger partial charge on any atom is -0.457 e. The Morgan fingerprint density at radius 2 is 0.587 bits per heavy atom. The van der Waals surface area contributed by atoms with Crippen molar-refractivity contribution in [2.24, 2.45) is 0 Å². The van der Waals surface area contributed by atoms with Crippen LogP contribution in [0.1, 0.15) is 91.6 Å². The lowest BCUT2D eigenvalue weighted by Crippen LogP contribution is -2.60. The minimum atomic E-state index is -3.89. The lowest BCUT2D eigenvalue weighted by molar-refractivity contribution is -0.224. The van der Waals surface area contributed by atoms with Crippen molar-refractivity contribution in [2.45, 2.75) is 128 Å². The standard InChI is InChI=1S/C45H49N3O6S.C42H45N3O6S.C26H35N3O6S/c1-6-30-47(54-45(37-16-10-7-11-17-37,38-18-12-8-13-19-38)39-20-14-9-15-21-39)44(49)43(46-31-35(3)52-36(4)32-46)33-48(55(5,50)51)40-24-28-42(29-25-40)53-41-26-22-34(2)23-27-41;1-31-20-24-38(25-21-31)50-39-26-22-37(23-27-39)45(52(4,47)48)30-40(44-28-32(2)49-33(3)29-44)41(46)43-51-42(34-14-8-5-9-15-34,35-16-10-6-11-17-35)36-18-12-7-13-19-36;1-6-15-28(31)26(30)25(27-16-20(3)34-21(4)17-27)18-29(36(5,32)33)22-9-13-24(14-10-22)35-23-11-7-19(2)8-12-23/h6-29,35-36,43H,1,30-33H2,2-5H3;5-27,32-33,40H,28-30H2,1-4H3,(H,43,46);6-14,20-21,25,31H,1,15-18H2,2-5H3/t35-,36+,43-;32-,33+,40-;20-,21+,25-/m000/s1. The molecule has 15 rings (SSSR count). The number of hydrogen-bond acceptors (Lipinski definition) is 21. The molecular weight excluding hydrogens is 1870 g/mol. The summed E-state index contributed by atoms with van der Waals surface area (Å²) < 4.78 is 119. The number of hydroxylamine groups is 5. The molecule has 3 heterocycles. The third-order valence-electron chi connectivity index (χ3n) is 24.6. The van der Waals surface area contributed by atoms with Gasteiger partial charge in [0.1, 0.15) is 52.6 Å². The zero-order valence-corrected chi connectivity index (χ0v) is 85.4. The number of aryl methyl sites for hydroxylation is 3. The Labute approximate surface area is 842 Å². The Morgan fingerprint density at radius 3 is 0.839 bits per heavy atom. The Morgan fingerprint density at radius 1 is 0.357 bits per heavy atom. The summed E-state index contributed by atoms with van der Waals surface area (Å²) in [5.41, 5.74) is 9.73. The van der Waals surface area contributed by atoms with Crippen LogP contribution in [-0.2, 0) is 79.5 Å². The molecule has 0 spiro atoms. The lowest BCUT2D eigenvalue weighted by Gasteiger charge is -2.44. The first-order chi connectivity index (χ1) is 68.5. The van der Waals surface area contributed by atoms with Gasteiger partial charge in [0.05, 0.1) is 105 Å². The normalized spacial score (nSPS) is 17.6. The van der Waals surface area contributed by atoms with Crippen molar-refractivity contribution in [3.63, 3.8) is 0 Å². The Hall–Kier alpha value is -13.2. The first-order valence-corrected chi connectivity index (χ1v) is 53.2. The molecule has 3 aliphatic rings. The third kappa shape index (κ3) is 28.5. The molecule has 9 atom stereocenters. The predicted molar refractivity (Wildman–Crippen MR) is 560 cm³/mol. The van der Waals surface area contributed by atoms with Crippen LogP contribution in [0.4, 0.5) is 17.1 Å². The Bertz CT molecular complexity index is 6270. The fraction of sp³-hybridized carbons (Fsp3) is 0.301. The van der Waals surface area contributed by atoms with Gasteiger partial charge in [-0.3, -0.25) is 52.0 Å². The van der Waals surface area contributed by atoms with Crippen LogP contribution in [0.3, 0.4) is 0 Å². The van der Waals surface area contributed by atoms with Crippen LogP contribution in [-0.4, -0.2) is 219 Å². The van der Waals surface area contributed by atoms with Crippen LogP contribution < -0.4 is 32.6 Å². The molecule has 12 aromatic carbocycles. The van der Waals surface area contributed by atoms with E-state index in [1.54, 1.807) is 78.9 Å². The maximum absolute atomic E-state index is 15.3. The monoisotopic (exact) mass is 2000 g/mol. The van der Waals surface area contributed by atoms with Crippen LogP contribution in [0.25, 0.3) is 0 Å². The van der Waals surface area contributed by atoms with Crippen LogP contribution >= 0.6 is 0 Å². The molecule has 3 amide bonds. The number of amides is 3. The SMILES string of the molecule is C=CCN(O)C(=O)[C@H](CN(c1ccc(Oc2ccc(C)cc2)cc1)S(C)(=O)=O)N1C[C@@H](C)O[C@@H](C)C1.C=CCN(OC(c1ccccc1)(c1ccccc1)c1ccccc1)C(=O)[C@H](CN(c1ccc(Oc2ccc(C)cc2)cc1)S(C)(=O)=O)N1C[C@@H](C)O[C@@H](C)C1.Cc1ccc(Oc2ccc(N(C[C@@H](C(=O)NOC(c3ccccc3)(c3ccccc3)c3ccccc3)N3C[C@@H](C)O[C@@H](C)C3)S(C)(=O)=O)cc2)cc1. The molecule has 0 bridgehead atoms. The van der Waals surface area contributed by atoms with Gasteiger partial charge in [0.15, 0.2) is 11.2 Å². The fourth-order valence-corrected chi connectivity index (χ4v) is 20.8. The summed E-state index contributed by atoms with van der Waals surface area (Å²) >= 11 is 0. The number of hydrogen-bond donors (Lipinski definition) is 2. The number of morpholine rings is 3. The van der Waals surface area contributed by atoms with Crippen LogP contribution in [0.5, 0.6) is 34.5 Å². The molecule has 30 heteroatoms. The summed E-state index contributed by atoms with van der Waals surface area (Å²) in [5.74, 6) is 2.15. The largest absolute Gasteiger partial charge is 0.457 e. The molecule has 143 heavy (non-hydrogen) atoms. The van der Waals surface area contributed by atoms with Crippen molar-refractivity contribution in [3.8, 4) is 34.5 Å². The van der Waals surface area contributed by atoms with Crippen LogP contribution in [0.2, 0.25) is 0 Å². The number of benzene rings is 12. The van der Waals surface area contributed by atoms with Gasteiger partial charge in [0, 0.05) is 39.3 Å². The van der Waals surface area contributed by atoms with Crippen molar-refractivity contribution in [3.05, 3.63) is 403 Å². The van der Waals surface area contributed by atoms with E-state index in [1.165, 1.54) is 24.1 Å². The highest BCUT2D eigenvalue weighted by Crippen LogP contribution is 2.44. The van der Waals surface area contributed by atoms with E-state index >= 15 is 4.79 Å². The number of anilines is 3. The van der Waals surface area contributed by atoms with Crippen LogP contribution in [0.15, 0.2) is 353 Å². The number of sulfonamides is 3. The summed E-state index contributed by atoms with van der Waals surface area (Å²) in [5, 5.41) is 12.2. The van der Waals surface area contributed by atoms with Gasteiger partial charge in [0.2, 0.25) is 30.1 Å². The van der Waals surface area contributed by atoms with E-state index in [4.69, 9.17) is 38.1 Å². The summed E-state index contributed by atoms with van der Waals surface area (Å²) in [6.45, 7) is 27.1. The molecule has 0 saturated carbocycles. The van der Waals surface area contributed by atoms with Crippen molar-refractivity contribution in [1.29, 1.82) is 0 Å². The lowest BCUT2D eigenvalue weighted by atomic mass is 9.80. The maximum Gasteiger partial charge on any atom is 0.265 e. The van der Waals surface area contributed by atoms with E-state index in [9.17, 15) is 40.0 Å². The molecule has 0 unspecified atom stereocenters. The van der Waals surface area contributed by atoms with Gasteiger partial charge in [0.25, 0.3) is 17.7 Å². The van der Waals surface area contributed by atoms with Crippen molar-refractivity contribution >= 4 is 64.9 Å². The third-order valence-corrected chi connectivity index (χ3v) is 28.1. The van der Waals surface area contributed by atoms with Crippen molar-refractivity contribution in [2.75, 3.05) is 104 Å². The molecular formula is C113H129N9O18S3. The number of carbonyl (C=O) groups excluding carboxylic acids is 3. The molecule has 0 radical (unpaired) electrons. The van der Waals surface area contributed by atoms with Gasteiger partial charge in [-0.2, -0.15) is 0 Å². The molecule has 2 N–H and O–H groups in total. The highest BCUT2D eigenvalue weighted by atomic mass is 32.2. The molecule has 752 valence electrons. The smallest absolute Gasteiger partial charge is 0.265 e. The topological polar surface area (TPSA) is 286 Å². The van der Waals surface area contributed by atoms with E-state index < -0.39 is 77.1 Å². The highest BCUT2D eigenvalue weighted by molar-refractivity contribution is 7.92. The van der Waals surface area contributed by atoms with E-state index in [-0.39, 0.29) is 69.3 Å². The second kappa shape index (κ2) is 49.2. The zero-order chi connectivity index (χ0) is 102. The maximum atomic E-state index is 15.3. The summed E-state index contributed by atoms with van der Waals surface area (Å²) in [7, 11) is -11.5. The van der Waals surface area contributed by atoms with E-state index in [1.807, 2.05) is 332 Å². The van der Waals surface area contributed by atoms with Gasteiger partial charge < -0.3 is 28.4 Å². The number of carbonyl (C=O) groups is 3. The van der Waals surface area contributed by atoms with Gasteiger partial charge >= 0.3 is 0 Å². The second-order valence-corrected chi connectivity index (χ2v) is 42.1. The first kappa shape index (κ1) is 107. The molecule has 12 aromatic rings. The number of nitrogens with zero attached hydrogens (tertiary/aromatic N) is 8. The van der Waals surface area contributed by atoms with Gasteiger partial charge in [-0.05, 0) is 205 Å². The number of rotatable bonds is 38. The Kier molecular flexibility index (Phi) is 36.9. The van der Waals surface area contributed by atoms with Gasteiger partial charge in [-0.1, -0.05) is 247 Å². The molecule has 3 fully saturated rings.